The van der Waals surface area contributed by atoms with Crippen molar-refractivity contribution in [3.8, 4) is 45.0 Å². The zero-order valence-electron chi connectivity index (χ0n) is 58.8. The van der Waals surface area contributed by atoms with Gasteiger partial charge < -0.3 is 66.7 Å². The van der Waals surface area contributed by atoms with Gasteiger partial charge in [0.25, 0.3) is 0 Å². The maximum Gasteiger partial charge on any atom is 0.228 e. The van der Waals surface area contributed by atoms with Crippen molar-refractivity contribution in [3.05, 3.63) is 79.3 Å². The zero-order valence-corrected chi connectivity index (χ0v) is 58.8. The van der Waals surface area contributed by atoms with Crippen molar-refractivity contribution in [1.82, 2.24) is 79.7 Å². The molecule has 8 aromatic heterocycles. The molecule has 28 rings (SSSR count). The molecule has 20 aliphatic rings. The predicted octanol–water partition coefficient (Wildman–Crippen LogP) is 7.44. The predicted molar refractivity (Wildman–Crippen MR) is 393 cm³/mol. The summed E-state index contributed by atoms with van der Waals surface area (Å²) in [6, 6.07) is 9.50. The number of aromatic nitrogens is 16. The quantitative estimate of drug-likeness (QED) is 0.0922. The van der Waals surface area contributed by atoms with Crippen LogP contribution >= 0.6 is 0 Å². The number of ether oxygens (including phenoxy) is 2. The van der Waals surface area contributed by atoms with Gasteiger partial charge in [-0.2, -0.15) is 15.0 Å². The molecule has 6 saturated carbocycles. The summed E-state index contributed by atoms with van der Waals surface area (Å²) in [6.45, 7) is 8.91. The minimum Gasteiger partial charge on any atom is -0.375 e. The van der Waals surface area contributed by atoms with Gasteiger partial charge in [-0.15, -0.1) is 0 Å². The normalized spacial score (nSPS) is 32.0. The summed E-state index contributed by atoms with van der Waals surface area (Å²) in [5.41, 5.74) is 29.8. The molecular weight excluding hydrogens is 1330 g/mol. The Labute approximate surface area is 607 Å². The first-order valence-electron chi connectivity index (χ1n) is 38.5. The van der Waals surface area contributed by atoms with Crippen LogP contribution in [0.3, 0.4) is 0 Å². The molecule has 542 valence electrons. The second-order valence-corrected chi connectivity index (χ2v) is 33.0. The highest BCUT2D eigenvalue weighted by molar-refractivity contribution is 5.69. The molecular formula is C75H88FN27O2. The number of morpholine rings is 1. The van der Waals surface area contributed by atoms with Gasteiger partial charge in [0.1, 0.15) is 17.3 Å². The highest BCUT2D eigenvalue weighted by Gasteiger charge is 2.51. The molecule has 22 heterocycles. The summed E-state index contributed by atoms with van der Waals surface area (Å²) in [7, 11) is 0. The number of piperidine rings is 2. The fraction of sp³-hybridized carbons (Fsp3) is 0.573. The molecule has 8 N–H and O–H groups in total. The summed E-state index contributed by atoms with van der Waals surface area (Å²) >= 11 is 0. The van der Waals surface area contributed by atoms with E-state index in [2.05, 4.69) is 97.4 Å². The number of hydrogen-bond donors (Lipinski definition) is 4. The zero-order chi connectivity index (χ0) is 69.9. The van der Waals surface area contributed by atoms with E-state index in [0.717, 1.165) is 170 Å². The Morgan fingerprint density at radius 2 is 0.790 bits per heavy atom. The molecule has 14 saturated heterocycles. The van der Waals surface area contributed by atoms with Gasteiger partial charge in [0, 0.05) is 178 Å². The lowest BCUT2D eigenvalue weighted by Gasteiger charge is -2.30. The van der Waals surface area contributed by atoms with Gasteiger partial charge in [-0.25, -0.2) is 69.2 Å². The van der Waals surface area contributed by atoms with Crippen LogP contribution in [0.4, 0.5) is 69.4 Å². The van der Waals surface area contributed by atoms with Crippen LogP contribution in [0.1, 0.15) is 121 Å². The fourth-order valence-corrected chi connectivity index (χ4v) is 20.1. The summed E-state index contributed by atoms with van der Waals surface area (Å²) in [6.07, 6.45) is 35.5. The third kappa shape index (κ3) is 11.9. The topological polar surface area (TPSA) is 351 Å². The van der Waals surface area contributed by atoms with Gasteiger partial charge >= 0.3 is 0 Å². The van der Waals surface area contributed by atoms with Gasteiger partial charge in [-0.1, -0.05) is 0 Å². The van der Waals surface area contributed by atoms with Crippen molar-refractivity contribution in [2.24, 2.45) is 41.4 Å². The number of rotatable bonds is 12. The van der Waals surface area contributed by atoms with Crippen LogP contribution in [-0.2, 0) is 9.47 Å². The molecule has 0 radical (unpaired) electrons. The summed E-state index contributed by atoms with van der Waals surface area (Å²) in [5, 5.41) is 0. The van der Waals surface area contributed by atoms with Crippen LogP contribution in [0, 0.1) is 47.2 Å². The van der Waals surface area contributed by atoms with Crippen molar-refractivity contribution in [2.45, 2.75) is 170 Å². The van der Waals surface area contributed by atoms with Crippen LogP contribution in [0.15, 0.2) is 67.8 Å². The molecule has 20 fully saturated rings. The molecule has 30 heteroatoms. The van der Waals surface area contributed by atoms with Crippen LogP contribution in [-0.4, -0.2) is 193 Å². The van der Waals surface area contributed by atoms with Gasteiger partial charge in [-0.3, -0.25) is 0 Å². The van der Waals surface area contributed by atoms with Gasteiger partial charge in [0.05, 0.1) is 48.0 Å². The van der Waals surface area contributed by atoms with Crippen molar-refractivity contribution in [3.63, 3.8) is 0 Å². The van der Waals surface area contributed by atoms with E-state index >= 15 is 4.39 Å². The average molecular weight is 1420 g/mol. The monoisotopic (exact) mass is 1420 g/mol. The Morgan fingerprint density at radius 1 is 0.352 bits per heavy atom. The number of halogens is 1. The number of nitrogens with zero attached hydrogens (tertiary/aromatic N) is 23. The number of fused-ring (bicyclic) bond motifs is 11. The molecule has 14 aliphatic heterocycles. The molecule has 29 nitrogen and oxygen atoms in total. The molecule has 14 bridgehead atoms. The summed E-state index contributed by atoms with van der Waals surface area (Å²) < 4.78 is 27.2. The molecule has 4 unspecified atom stereocenters. The lowest BCUT2D eigenvalue weighted by Crippen LogP contribution is -2.39. The largest absolute Gasteiger partial charge is 0.375 e. The second-order valence-electron chi connectivity index (χ2n) is 33.0. The molecule has 0 spiro atoms. The standard InChI is InChI=1S/C20H24N6O.C19H23N7.C18H20FN7O.C18H21N7/c21-19-22-8-13(9-23-19)18-7-17(12-5-15-1-2-16(6-12)27-15)24-20(25-18)26-10-11-3-14(26)4-11;20-18-21-7-13(8-22-18)16-6-17(25-9-11-1-2-14(25)3-11)24-19(23-16)26-10-12-4-15(26)5-12;19-14-15(10-4-21-17(20)22-5-10)23-18(26-6-9-1-11(26)2-9)24-16(14)25-7-13-3-12(25)8-27-13;19-17-20-5-13(6-21-17)15-4-16(24-8-11-3-12(11)9-24)23-18(22-15)25-7-10-1-14(25)2-10/h7-9,11-12,14-16H,1-6,10H2,(H2,21,22,23);6-8,11-12,14-15H,1-5,9-10H2,(H2,20,21,22);4-5,9,11-13H,1-3,6-8H2,(H2,20,21,22);4-6,10-12,14H,1-3,7-9H2,(H2,19,20,21)/t;11-,12?,14+,15?;9?,11?,12-,13-;/m.10./s1. The molecule has 8 atom stereocenters. The van der Waals surface area contributed by atoms with E-state index in [9.17, 15) is 0 Å². The van der Waals surface area contributed by atoms with Gasteiger partial charge in [0.15, 0.2) is 11.6 Å². The van der Waals surface area contributed by atoms with Crippen LogP contribution in [0.5, 0.6) is 0 Å². The van der Waals surface area contributed by atoms with Gasteiger partial charge in [0.2, 0.25) is 47.6 Å². The van der Waals surface area contributed by atoms with Crippen LogP contribution < -0.4 is 57.2 Å². The molecule has 105 heavy (non-hydrogen) atoms. The maximum atomic E-state index is 15.5. The van der Waals surface area contributed by atoms with Crippen molar-refractivity contribution in [1.29, 1.82) is 0 Å². The molecule has 6 aliphatic carbocycles. The number of nitrogens with two attached hydrogens (primary N) is 4. The number of anilines is 11. The third-order valence-electron chi connectivity index (χ3n) is 26.1. The van der Waals surface area contributed by atoms with Crippen LogP contribution in [0.25, 0.3) is 45.0 Å². The molecule has 0 amide bonds. The Morgan fingerprint density at radius 3 is 1.23 bits per heavy atom. The minimum atomic E-state index is -0.425. The minimum absolute atomic E-state index is 0.156. The lowest BCUT2D eigenvalue weighted by molar-refractivity contribution is -0.00441. The van der Waals surface area contributed by atoms with Crippen LogP contribution in [0.2, 0.25) is 0 Å². The first-order valence-corrected chi connectivity index (χ1v) is 38.5. The second kappa shape index (κ2) is 25.2. The fourth-order valence-electron chi connectivity index (χ4n) is 20.1. The maximum absolute atomic E-state index is 15.5. The number of hydrogen-bond acceptors (Lipinski definition) is 29. The van der Waals surface area contributed by atoms with E-state index in [0.29, 0.717) is 96.6 Å². The third-order valence-corrected chi connectivity index (χ3v) is 26.1. The first-order chi connectivity index (χ1) is 51.3. The van der Waals surface area contributed by atoms with E-state index in [1.165, 1.54) is 102 Å². The van der Waals surface area contributed by atoms with E-state index < -0.39 is 5.82 Å². The van der Waals surface area contributed by atoms with Crippen molar-refractivity contribution >= 4 is 65.0 Å². The number of nitrogen functional groups attached to an aromatic ring is 4. The van der Waals surface area contributed by atoms with E-state index in [1.807, 2.05) is 4.90 Å². The van der Waals surface area contributed by atoms with E-state index in [-0.39, 0.29) is 29.7 Å². The van der Waals surface area contributed by atoms with Crippen molar-refractivity contribution < 1.29 is 13.9 Å². The Kier molecular flexibility index (Phi) is 15.3. The molecule has 8 aromatic rings. The summed E-state index contributed by atoms with van der Waals surface area (Å²) in [5.74, 6) is 12.6. The Bertz CT molecular complexity index is 4580. The van der Waals surface area contributed by atoms with Gasteiger partial charge in [-0.05, 0) is 157 Å². The highest BCUT2D eigenvalue weighted by atomic mass is 19.1. The summed E-state index contributed by atoms with van der Waals surface area (Å²) in [4.78, 5) is 88.2. The average Bonchev–Trinajstić information content (AvgIpc) is 1.64. The SMILES string of the molecule is Nc1ncc(-c2cc(C3CC4CCC(C3)O4)nc(N3CC4CC3C4)n2)cn1.Nc1ncc(-c2cc(N3CC4CC4C3)nc(N3CC4CC3C4)n2)cn1.Nc1ncc(-c2cc(N3C[C@@H]4CC[C@H]3C4)nc(N3CC4CC3C4)n2)cn1.Nc1ncc(-c2nc(N3CC4CC3C4)nc(N3C[C@@H]4C[C@H]3CO4)c2F)cn1. The molecule has 0 aromatic carbocycles. The highest BCUT2D eigenvalue weighted by Crippen LogP contribution is 2.51. The van der Waals surface area contributed by atoms with E-state index in [1.54, 1.807) is 37.2 Å². The Balaban J connectivity index is 0.0000000902. The van der Waals surface area contributed by atoms with E-state index in [4.69, 9.17) is 62.3 Å². The Hall–Kier alpha value is -9.71. The lowest BCUT2D eigenvalue weighted by atomic mass is 9.86. The first kappa shape index (κ1) is 63.7. The van der Waals surface area contributed by atoms with Crippen molar-refractivity contribution in [2.75, 3.05) is 116 Å². The smallest absolute Gasteiger partial charge is 0.228 e.